The predicted octanol–water partition coefficient (Wildman–Crippen LogP) is 2.42. The molecule has 0 aliphatic rings. The van der Waals surface area contributed by atoms with Gasteiger partial charge < -0.3 is 9.90 Å². The number of carboxylic acids is 1. The maximum atomic E-state index is 13.3. The SMILES string of the molecule is O=C([O-])c1cc(-c2cc(F)cc(Cl)c2)cc([N+](=O)[O-])c1. The van der Waals surface area contributed by atoms with Crippen LogP contribution in [0.3, 0.4) is 0 Å². The van der Waals surface area contributed by atoms with Crippen molar-refractivity contribution in [3.8, 4) is 11.1 Å². The molecule has 0 unspecified atom stereocenters. The van der Waals surface area contributed by atoms with Gasteiger partial charge in [0.05, 0.1) is 10.9 Å². The van der Waals surface area contributed by atoms with Crippen molar-refractivity contribution >= 4 is 23.3 Å². The molecule has 0 aliphatic heterocycles. The van der Waals surface area contributed by atoms with Crippen LogP contribution in [0.5, 0.6) is 0 Å². The topological polar surface area (TPSA) is 83.3 Å². The quantitative estimate of drug-likeness (QED) is 0.643. The van der Waals surface area contributed by atoms with E-state index in [2.05, 4.69) is 0 Å². The lowest BCUT2D eigenvalue weighted by Gasteiger charge is -2.07. The summed E-state index contributed by atoms with van der Waals surface area (Å²) in [6.07, 6.45) is 0. The Kier molecular flexibility index (Phi) is 3.67. The Balaban J connectivity index is 2.66. The van der Waals surface area contributed by atoms with Gasteiger partial charge in [0.15, 0.2) is 0 Å². The number of nitrogens with zero attached hydrogens (tertiary/aromatic N) is 1. The zero-order valence-electron chi connectivity index (χ0n) is 9.80. The Morgan fingerprint density at radius 1 is 1.10 bits per heavy atom. The van der Waals surface area contributed by atoms with E-state index < -0.39 is 22.4 Å². The van der Waals surface area contributed by atoms with Crippen LogP contribution in [0, 0.1) is 15.9 Å². The molecule has 102 valence electrons. The molecule has 0 spiro atoms. The Bertz CT molecular complexity index is 665. The number of nitro benzene ring substituents is 1. The molecule has 0 atom stereocenters. The average molecular weight is 295 g/mol. The van der Waals surface area contributed by atoms with Crippen molar-refractivity contribution in [2.45, 2.75) is 0 Å². The first kappa shape index (κ1) is 14.0. The van der Waals surface area contributed by atoms with Crippen LogP contribution in [-0.2, 0) is 0 Å². The molecule has 2 aromatic carbocycles. The summed E-state index contributed by atoms with van der Waals surface area (Å²) >= 11 is 5.70. The van der Waals surface area contributed by atoms with E-state index in [9.17, 15) is 24.4 Å². The standard InChI is InChI=1S/C13H7ClFNO4/c14-10-2-8(3-11(15)6-10)7-1-9(13(17)18)5-12(4-7)16(19)20/h1-6H,(H,17,18)/p-1. The third-order valence-electron chi connectivity index (χ3n) is 2.56. The maximum Gasteiger partial charge on any atom is 0.270 e. The second-order valence-corrected chi connectivity index (χ2v) is 4.41. The van der Waals surface area contributed by atoms with Gasteiger partial charge in [0, 0.05) is 22.7 Å². The lowest BCUT2D eigenvalue weighted by molar-refractivity contribution is -0.384. The Morgan fingerprint density at radius 3 is 2.30 bits per heavy atom. The molecule has 0 bridgehead atoms. The number of rotatable bonds is 3. The normalized spacial score (nSPS) is 10.3. The van der Waals surface area contributed by atoms with Gasteiger partial charge in [-0.25, -0.2) is 4.39 Å². The van der Waals surface area contributed by atoms with Crippen LogP contribution in [-0.4, -0.2) is 10.9 Å². The van der Waals surface area contributed by atoms with Crippen LogP contribution >= 0.6 is 11.6 Å². The monoisotopic (exact) mass is 294 g/mol. The van der Waals surface area contributed by atoms with Crippen molar-refractivity contribution in [2.24, 2.45) is 0 Å². The fraction of sp³-hybridized carbons (Fsp3) is 0. The molecule has 0 N–H and O–H groups in total. The van der Waals surface area contributed by atoms with Gasteiger partial charge in [0.1, 0.15) is 5.82 Å². The highest BCUT2D eigenvalue weighted by molar-refractivity contribution is 6.30. The third-order valence-corrected chi connectivity index (χ3v) is 2.78. The van der Waals surface area contributed by atoms with Crippen molar-refractivity contribution in [2.75, 3.05) is 0 Å². The van der Waals surface area contributed by atoms with Crippen molar-refractivity contribution < 1.29 is 19.2 Å². The first-order chi connectivity index (χ1) is 9.36. The molecule has 0 radical (unpaired) electrons. The number of hydrogen-bond donors (Lipinski definition) is 0. The molecule has 0 aromatic heterocycles. The molecule has 20 heavy (non-hydrogen) atoms. The third kappa shape index (κ3) is 2.92. The van der Waals surface area contributed by atoms with Crippen LogP contribution < -0.4 is 5.11 Å². The van der Waals surface area contributed by atoms with Gasteiger partial charge in [-0.2, -0.15) is 0 Å². The largest absolute Gasteiger partial charge is 0.545 e. The van der Waals surface area contributed by atoms with Gasteiger partial charge in [-0.3, -0.25) is 10.1 Å². The van der Waals surface area contributed by atoms with E-state index in [1.165, 1.54) is 6.07 Å². The molecule has 7 heteroatoms. The number of non-ortho nitro benzene ring substituents is 1. The number of carboxylic acid groups (broad SMARTS) is 1. The second kappa shape index (κ2) is 5.26. The van der Waals surface area contributed by atoms with Crippen LogP contribution in [0.1, 0.15) is 10.4 Å². The molecule has 5 nitrogen and oxygen atoms in total. The Morgan fingerprint density at radius 2 is 1.75 bits per heavy atom. The number of benzene rings is 2. The molecule has 0 fully saturated rings. The highest BCUT2D eigenvalue weighted by Gasteiger charge is 2.12. The van der Waals surface area contributed by atoms with Gasteiger partial charge in [0.2, 0.25) is 0 Å². The number of aromatic carboxylic acids is 1. The highest BCUT2D eigenvalue weighted by Crippen LogP contribution is 2.28. The minimum absolute atomic E-state index is 0.0986. The van der Waals surface area contributed by atoms with Crippen LogP contribution in [0.2, 0.25) is 5.02 Å². The number of hydrogen-bond acceptors (Lipinski definition) is 4. The number of halogens is 2. The van der Waals surface area contributed by atoms with E-state index in [0.29, 0.717) is 0 Å². The van der Waals surface area contributed by atoms with E-state index in [0.717, 1.165) is 30.3 Å². The Hall–Kier alpha value is -2.47. The summed E-state index contributed by atoms with van der Waals surface area (Å²) in [5, 5.41) is 21.7. The molecule has 2 aromatic rings. The smallest absolute Gasteiger partial charge is 0.270 e. The summed E-state index contributed by atoms with van der Waals surface area (Å²) in [6.45, 7) is 0. The fourth-order valence-electron chi connectivity index (χ4n) is 1.72. The molecule has 2 rings (SSSR count). The summed E-state index contributed by atoms with van der Waals surface area (Å²) in [5.74, 6) is -2.19. The molecular formula is C13H6ClFNO4-. The zero-order valence-corrected chi connectivity index (χ0v) is 10.6. The summed E-state index contributed by atoms with van der Waals surface area (Å²) in [4.78, 5) is 20.9. The van der Waals surface area contributed by atoms with Crippen molar-refractivity contribution in [3.05, 3.63) is 62.9 Å². The van der Waals surface area contributed by atoms with E-state index in [4.69, 9.17) is 11.6 Å². The second-order valence-electron chi connectivity index (χ2n) is 3.97. The van der Waals surface area contributed by atoms with Crippen molar-refractivity contribution in [1.82, 2.24) is 0 Å². The number of carbonyl (C=O) groups excluding carboxylic acids is 1. The minimum Gasteiger partial charge on any atom is -0.545 e. The predicted molar refractivity (Wildman–Crippen MR) is 67.8 cm³/mol. The van der Waals surface area contributed by atoms with Crippen LogP contribution in [0.15, 0.2) is 36.4 Å². The molecule has 0 amide bonds. The summed E-state index contributed by atoms with van der Waals surface area (Å²) in [7, 11) is 0. The summed E-state index contributed by atoms with van der Waals surface area (Å²) in [6, 6.07) is 6.72. The first-order valence-corrected chi connectivity index (χ1v) is 5.72. The van der Waals surface area contributed by atoms with Gasteiger partial charge in [-0.05, 0) is 35.4 Å². The van der Waals surface area contributed by atoms with Gasteiger partial charge in [0.25, 0.3) is 5.69 Å². The molecule has 0 aliphatic carbocycles. The number of nitro groups is 1. The molecule has 0 saturated heterocycles. The minimum atomic E-state index is -1.56. The molecular weight excluding hydrogens is 289 g/mol. The first-order valence-electron chi connectivity index (χ1n) is 5.34. The number of carbonyl (C=O) groups is 1. The van der Waals surface area contributed by atoms with Crippen molar-refractivity contribution in [1.29, 1.82) is 0 Å². The van der Waals surface area contributed by atoms with E-state index in [1.807, 2.05) is 0 Å². The highest BCUT2D eigenvalue weighted by atomic mass is 35.5. The van der Waals surface area contributed by atoms with Gasteiger partial charge in [-0.1, -0.05) is 11.6 Å². The van der Waals surface area contributed by atoms with E-state index in [-0.39, 0.29) is 21.7 Å². The lowest BCUT2D eigenvalue weighted by atomic mass is 10.0. The molecule has 0 saturated carbocycles. The van der Waals surface area contributed by atoms with Gasteiger partial charge in [-0.15, -0.1) is 0 Å². The average Bonchev–Trinajstić information content (AvgIpc) is 2.36. The zero-order chi connectivity index (χ0) is 14.9. The fourth-order valence-corrected chi connectivity index (χ4v) is 1.94. The summed E-state index contributed by atoms with van der Waals surface area (Å²) < 4.78 is 13.3. The van der Waals surface area contributed by atoms with Crippen molar-refractivity contribution in [3.63, 3.8) is 0 Å². The maximum absolute atomic E-state index is 13.3. The summed E-state index contributed by atoms with van der Waals surface area (Å²) in [5.41, 5.74) is -0.391. The van der Waals surface area contributed by atoms with E-state index in [1.54, 1.807) is 0 Å². The van der Waals surface area contributed by atoms with Gasteiger partial charge >= 0.3 is 0 Å². The Labute approximate surface area is 117 Å². The molecule has 0 heterocycles. The van der Waals surface area contributed by atoms with Crippen LogP contribution in [0.25, 0.3) is 11.1 Å². The van der Waals surface area contributed by atoms with Crippen LogP contribution in [0.4, 0.5) is 10.1 Å². The lowest BCUT2D eigenvalue weighted by Crippen LogP contribution is -2.22. The van der Waals surface area contributed by atoms with E-state index >= 15 is 0 Å².